The molecule has 0 spiro atoms. The molecule has 0 saturated heterocycles. The van der Waals surface area contributed by atoms with Crippen molar-refractivity contribution >= 4 is 34.2 Å². The fourth-order valence-electron chi connectivity index (χ4n) is 3.20. The Labute approximate surface area is 171 Å². The van der Waals surface area contributed by atoms with E-state index in [1.54, 1.807) is 27.8 Å². The third kappa shape index (κ3) is 3.64. The van der Waals surface area contributed by atoms with Crippen molar-refractivity contribution in [2.45, 2.75) is 13.5 Å². The van der Waals surface area contributed by atoms with Gasteiger partial charge in [-0.15, -0.1) is 0 Å². The molecule has 0 fully saturated rings. The number of carbonyl (C=O) groups excluding carboxylic acids is 1. The monoisotopic (exact) mass is 407 g/mol. The Kier molecular flexibility index (Phi) is 5.14. The lowest BCUT2D eigenvalue weighted by atomic mass is 10.3. The number of likely N-dealkylation sites (N-methyl/N-ethyl adjacent to an activating group) is 1. The molecule has 0 aliphatic carbocycles. The van der Waals surface area contributed by atoms with Crippen LogP contribution in [-0.2, 0) is 11.3 Å². The topological polar surface area (TPSA) is 73.0 Å². The molecule has 4 rings (SSSR count). The Morgan fingerprint density at radius 1 is 1.14 bits per heavy atom. The number of carbonyl (C=O) groups is 1. The van der Waals surface area contributed by atoms with E-state index in [4.69, 9.17) is 11.6 Å². The van der Waals surface area contributed by atoms with Gasteiger partial charge in [0.15, 0.2) is 5.65 Å². The summed E-state index contributed by atoms with van der Waals surface area (Å²) in [6.07, 6.45) is 2.84. The molecule has 0 saturated carbocycles. The first-order valence-electron chi connectivity index (χ1n) is 9.13. The van der Waals surface area contributed by atoms with Crippen molar-refractivity contribution in [1.82, 2.24) is 19.3 Å². The zero-order chi connectivity index (χ0) is 20.4. The average Bonchev–Trinajstić information content (AvgIpc) is 3.16. The van der Waals surface area contributed by atoms with Crippen LogP contribution in [0, 0.1) is 0 Å². The van der Waals surface area contributed by atoms with E-state index in [9.17, 15) is 9.59 Å². The van der Waals surface area contributed by atoms with Crippen LogP contribution in [0.2, 0.25) is 5.02 Å². The Morgan fingerprint density at radius 2 is 1.93 bits per heavy atom. The molecule has 2 heterocycles. The number of halogens is 1. The molecule has 0 unspecified atom stereocenters. The molecule has 8 heteroatoms. The average molecular weight is 408 g/mol. The van der Waals surface area contributed by atoms with Crippen molar-refractivity contribution in [2.75, 3.05) is 11.4 Å². The lowest BCUT2D eigenvalue weighted by Gasteiger charge is -2.21. The summed E-state index contributed by atoms with van der Waals surface area (Å²) in [6, 6.07) is 16.5. The Balaban J connectivity index is 1.67. The SMILES string of the molecule is CCN(C(=O)Cn1cnc2c(cnn2-c2cccc(Cl)c2)c1=O)c1ccccc1. The van der Waals surface area contributed by atoms with Crippen molar-refractivity contribution in [2.24, 2.45) is 0 Å². The highest BCUT2D eigenvalue weighted by molar-refractivity contribution is 6.30. The van der Waals surface area contributed by atoms with E-state index < -0.39 is 0 Å². The summed E-state index contributed by atoms with van der Waals surface area (Å²) in [5.41, 5.74) is 1.59. The summed E-state index contributed by atoms with van der Waals surface area (Å²) in [5, 5.41) is 5.17. The third-order valence-electron chi connectivity index (χ3n) is 4.60. The molecular formula is C21H18ClN5O2. The molecule has 0 N–H and O–H groups in total. The van der Waals surface area contributed by atoms with Gasteiger partial charge in [0, 0.05) is 17.3 Å². The number of nitrogens with zero attached hydrogens (tertiary/aromatic N) is 5. The van der Waals surface area contributed by atoms with Gasteiger partial charge in [0.1, 0.15) is 18.3 Å². The van der Waals surface area contributed by atoms with Crippen LogP contribution in [0.1, 0.15) is 6.92 Å². The summed E-state index contributed by atoms with van der Waals surface area (Å²) in [6.45, 7) is 2.29. The zero-order valence-electron chi connectivity index (χ0n) is 15.7. The van der Waals surface area contributed by atoms with Crippen LogP contribution in [0.25, 0.3) is 16.7 Å². The number of fused-ring (bicyclic) bond motifs is 1. The maximum Gasteiger partial charge on any atom is 0.264 e. The van der Waals surface area contributed by atoms with Gasteiger partial charge in [-0.25, -0.2) is 9.67 Å². The first-order valence-corrected chi connectivity index (χ1v) is 9.51. The Hall–Kier alpha value is -3.45. The Morgan fingerprint density at radius 3 is 2.66 bits per heavy atom. The van der Waals surface area contributed by atoms with Crippen LogP contribution < -0.4 is 10.5 Å². The van der Waals surface area contributed by atoms with Gasteiger partial charge in [0.05, 0.1) is 11.9 Å². The number of para-hydroxylation sites is 1. The zero-order valence-corrected chi connectivity index (χ0v) is 16.5. The summed E-state index contributed by atoms with van der Waals surface area (Å²) in [4.78, 5) is 31.7. The maximum absolute atomic E-state index is 12.9. The van der Waals surface area contributed by atoms with Crippen molar-refractivity contribution in [3.63, 3.8) is 0 Å². The second kappa shape index (κ2) is 7.89. The first kappa shape index (κ1) is 18.9. The third-order valence-corrected chi connectivity index (χ3v) is 4.83. The van der Waals surface area contributed by atoms with Gasteiger partial charge in [0.2, 0.25) is 5.91 Å². The number of rotatable bonds is 5. The van der Waals surface area contributed by atoms with Crippen LogP contribution in [0.4, 0.5) is 5.69 Å². The molecule has 1 amide bonds. The molecule has 0 radical (unpaired) electrons. The molecule has 7 nitrogen and oxygen atoms in total. The van der Waals surface area contributed by atoms with E-state index >= 15 is 0 Å². The normalized spacial score (nSPS) is 11.0. The van der Waals surface area contributed by atoms with E-state index in [2.05, 4.69) is 10.1 Å². The van der Waals surface area contributed by atoms with E-state index in [0.717, 1.165) is 5.69 Å². The van der Waals surface area contributed by atoms with Gasteiger partial charge in [-0.3, -0.25) is 14.2 Å². The lowest BCUT2D eigenvalue weighted by Crippen LogP contribution is -2.36. The molecule has 29 heavy (non-hydrogen) atoms. The molecule has 4 aromatic rings. The smallest absolute Gasteiger partial charge is 0.264 e. The predicted molar refractivity (Wildman–Crippen MR) is 113 cm³/mol. The minimum atomic E-state index is -0.319. The second-order valence-corrected chi connectivity index (χ2v) is 6.86. The molecule has 0 aliphatic rings. The van der Waals surface area contributed by atoms with Crippen LogP contribution >= 0.6 is 11.6 Å². The first-order chi connectivity index (χ1) is 14.1. The van der Waals surface area contributed by atoms with Crippen LogP contribution in [0.3, 0.4) is 0 Å². The van der Waals surface area contributed by atoms with E-state index in [-0.39, 0.29) is 18.0 Å². The Bertz CT molecular complexity index is 1230. The molecule has 2 aromatic heterocycles. The molecule has 0 bridgehead atoms. The van der Waals surface area contributed by atoms with Crippen molar-refractivity contribution < 1.29 is 4.79 Å². The molecule has 146 valence electrons. The largest absolute Gasteiger partial charge is 0.311 e. The minimum Gasteiger partial charge on any atom is -0.311 e. The predicted octanol–water partition coefficient (Wildman–Crippen LogP) is 3.29. The van der Waals surface area contributed by atoms with Gasteiger partial charge in [-0.2, -0.15) is 5.10 Å². The molecule has 0 atom stereocenters. The fraction of sp³-hybridized carbons (Fsp3) is 0.143. The number of hydrogen-bond acceptors (Lipinski definition) is 4. The standard InChI is InChI=1S/C21H18ClN5O2/c1-2-26(16-8-4-3-5-9-16)19(28)13-25-14-23-20-18(21(25)29)12-24-27(20)17-10-6-7-15(22)11-17/h3-12,14H,2,13H2,1H3. The number of aromatic nitrogens is 4. The molecule has 2 aromatic carbocycles. The summed E-state index contributed by atoms with van der Waals surface area (Å²) in [7, 11) is 0. The van der Waals surface area contributed by atoms with E-state index in [1.165, 1.54) is 17.1 Å². The minimum absolute atomic E-state index is 0.104. The highest BCUT2D eigenvalue weighted by atomic mass is 35.5. The highest BCUT2D eigenvalue weighted by Crippen LogP contribution is 2.18. The van der Waals surface area contributed by atoms with Gasteiger partial charge < -0.3 is 4.90 Å². The van der Waals surface area contributed by atoms with E-state index in [1.807, 2.05) is 43.3 Å². The van der Waals surface area contributed by atoms with Crippen molar-refractivity contribution in [1.29, 1.82) is 0 Å². The van der Waals surface area contributed by atoms with Gasteiger partial charge in [0.25, 0.3) is 5.56 Å². The van der Waals surface area contributed by atoms with Crippen LogP contribution in [0.15, 0.2) is 71.9 Å². The molecule has 0 aliphatic heterocycles. The van der Waals surface area contributed by atoms with Gasteiger partial charge in [-0.1, -0.05) is 35.9 Å². The fourth-order valence-corrected chi connectivity index (χ4v) is 3.38. The lowest BCUT2D eigenvalue weighted by molar-refractivity contribution is -0.119. The van der Waals surface area contributed by atoms with E-state index in [0.29, 0.717) is 28.3 Å². The summed E-state index contributed by atoms with van der Waals surface area (Å²) >= 11 is 6.05. The number of amides is 1. The van der Waals surface area contributed by atoms with Gasteiger partial charge in [-0.05, 0) is 37.3 Å². The van der Waals surface area contributed by atoms with Crippen LogP contribution in [-0.4, -0.2) is 31.8 Å². The quantitative estimate of drug-likeness (QED) is 0.509. The maximum atomic E-state index is 12.9. The number of benzene rings is 2. The number of anilines is 1. The molecular weight excluding hydrogens is 390 g/mol. The summed E-state index contributed by atoms with van der Waals surface area (Å²) < 4.78 is 2.86. The van der Waals surface area contributed by atoms with Crippen molar-refractivity contribution in [3.8, 4) is 5.69 Å². The van der Waals surface area contributed by atoms with Crippen LogP contribution in [0.5, 0.6) is 0 Å². The highest BCUT2D eigenvalue weighted by Gasteiger charge is 2.17. The number of hydrogen-bond donors (Lipinski definition) is 0. The van der Waals surface area contributed by atoms with Gasteiger partial charge >= 0.3 is 0 Å². The summed E-state index contributed by atoms with van der Waals surface area (Å²) in [5.74, 6) is -0.191. The van der Waals surface area contributed by atoms with Crippen molar-refractivity contribution in [3.05, 3.63) is 82.5 Å². The second-order valence-electron chi connectivity index (χ2n) is 6.42.